The van der Waals surface area contributed by atoms with Gasteiger partial charge in [-0.1, -0.05) is 60.7 Å². The summed E-state index contributed by atoms with van der Waals surface area (Å²) in [5, 5.41) is 6.16. The highest BCUT2D eigenvalue weighted by Crippen LogP contribution is 2.52. The van der Waals surface area contributed by atoms with Gasteiger partial charge in [-0.05, 0) is 31.0 Å². The number of amides is 1. The lowest BCUT2D eigenvalue weighted by Gasteiger charge is -2.18. The zero-order valence-corrected chi connectivity index (χ0v) is 18.0. The van der Waals surface area contributed by atoms with Crippen molar-refractivity contribution in [2.24, 2.45) is 0 Å². The zero-order valence-electron chi connectivity index (χ0n) is 17.2. The summed E-state index contributed by atoms with van der Waals surface area (Å²) in [5.74, 6) is 0.785. The number of methoxy groups -OCH3 is 1. The van der Waals surface area contributed by atoms with E-state index >= 15 is 0 Å². The summed E-state index contributed by atoms with van der Waals surface area (Å²) in [7, 11) is 1.65. The van der Waals surface area contributed by atoms with E-state index in [1.54, 1.807) is 18.4 Å². The van der Waals surface area contributed by atoms with Gasteiger partial charge in [-0.15, -0.1) is 11.3 Å². The van der Waals surface area contributed by atoms with E-state index in [0.717, 1.165) is 51.7 Å². The van der Waals surface area contributed by atoms with Crippen LogP contribution in [0.3, 0.4) is 0 Å². The van der Waals surface area contributed by atoms with Crippen LogP contribution in [-0.2, 0) is 10.2 Å². The first-order chi connectivity index (χ1) is 15.2. The molecule has 1 N–H and O–H groups in total. The largest absolute Gasteiger partial charge is 0.496 e. The number of thiazole rings is 1. The lowest BCUT2D eigenvalue weighted by atomic mass is 9.94. The highest BCUT2D eigenvalue weighted by Gasteiger charge is 2.52. The van der Waals surface area contributed by atoms with Crippen LogP contribution in [0, 0.1) is 0 Å². The van der Waals surface area contributed by atoms with E-state index in [4.69, 9.17) is 9.72 Å². The molecule has 1 heterocycles. The predicted molar refractivity (Wildman–Crippen MR) is 126 cm³/mol. The van der Waals surface area contributed by atoms with Crippen LogP contribution < -0.4 is 10.1 Å². The average molecular weight is 427 g/mol. The highest BCUT2D eigenvalue weighted by atomic mass is 32.1. The molecule has 31 heavy (non-hydrogen) atoms. The van der Waals surface area contributed by atoms with E-state index in [2.05, 4.69) is 22.8 Å². The summed E-state index contributed by atoms with van der Waals surface area (Å²) < 4.78 is 5.48. The molecule has 0 aliphatic heterocycles. The second-order valence-corrected chi connectivity index (χ2v) is 8.58. The first kappa shape index (κ1) is 19.5. The molecule has 0 saturated heterocycles. The Hall–Kier alpha value is -3.44. The molecule has 4 aromatic rings. The second-order valence-electron chi connectivity index (χ2n) is 7.72. The molecule has 0 radical (unpaired) electrons. The highest BCUT2D eigenvalue weighted by molar-refractivity contribution is 7.13. The third-order valence-corrected chi connectivity index (χ3v) is 6.66. The van der Waals surface area contributed by atoms with Gasteiger partial charge in [-0.3, -0.25) is 4.79 Å². The molecule has 1 aliphatic carbocycles. The molecule has 1 fully saturated rings. The molecule has 0 atom stereocenters. The molecule has 0 unspecified atom stereocenters. The van der Waals surface area contributed by atoms with Gasteiger partial charge in [0.25, 0.3) is 0 Å². The molecule has 5 rings (SSSR count). The van der Waals surface area contributed by atoms with Crippen molar-refractivity contribution in [1.29, 1.82) is 0 Å². The summed E-state index contributed by atoms with van der Waals surface area (Å²) in [6.07, 6.45) is 1.66. The SMILES string of the molecule is COc1ccccc1C1(C(=O)Nc2ccc(-c3csc(-c4ccccc4)n3)cc2)CC1. The number of hydrogen-bond donors (Lipinski definition) is 1. The van der Waals surface area contributed by atoms with Crippen molar-refractivity contribution in [2.45, 2.75) is 18.3 Å². The molecule has 5 heteroatoms. The maximum atomic E-state index is 13.1. The number of nitrogens with one attached hydrogen (secondary N) is 1. The first-order valence-corrected chi connectivity index (χ1v) is 11.1. The van der Waals surface area contributed by atoms with Gasteiger partial charge in [0.15, 0.2) is 0 Å². The van der Waals surface area contributed by atoms with Gasteiger partial charge in [-0.2, -0.15) is 0 Å². The van der Waals surface area contributed by atoms with Crippen LogP contribution in [0.25, 0.3) is 21.8 Å². The number of benzene rings is 3. The van der Waals surface area contributed by atoms with Gasteiger partial charge in [0.05, 0.1) is 18.2 Å². The van der Waals surface area contributed by atoms with Crippen molar-refractivity contribution in [3.8, 4) is 27.6 Å². The smallest absolute Gasteiger partial charge is 0.235 e. The summed E-state index contributed by atoms with van der Waals surface area (Å²) in [4.78, 5) is 17.9. The van der Waals surface area contributed by atoms with Crippen molar-refractivity contribution in [3.63, 3.8) is 0 Å². The fourth-order valence-electron chi connectivity index (χ4n) is 3.88. The number of aromatic nitrogens is 1. The average Bonchev–Trinajstić information content (AvgIpc) is 3.49. The van der Waals surface area contributed by atoms with Gasteiger partial charge in [-0.25, -0.2) is 4.98 Å². The van der Waals surface area contributed by atoms with Crippen molar-refractivity contribution in [3.05, 3.63) is 89.8 Å². The summed E-state index contributed by atoms with van der Waals surface area (Å²) in [6, 6.07) is 25.8. The molecule has 1 aromatic heterocycles. The maximum absolute atomic E-state index is 13.1. The standard InChI is InChI=1S/C26H22N2O2S/c1-30-23-10-6-5-9-21(23)26(15-16-26)25(29)27-20-13-11-18(12-14-20)22-17-31-24(28-22)19-7-3-2-4-8-19/h2-14,17H,15-16H2,1H3,(H,27,29). The normalized spacial score (nSPS) is 14.1. The van der Waals surface area contributed by atoms with E-state index in [-0.39, 0.29) is 5.91 Å². The van der Waals surface area contributed by atoms with Gasteiger partial charge >= 0.3 is 0 Å². The molecular weight excluding hydrogens is 404 g/mol. The van der Waals surface area contributed by atoms with Crippen LogP contribution in [0.4, 0.5) is 5.69 Å². The summed E-state index contributed by atoms with van der Waals surface area (Å²) in [6.45, 7) is 0. The van der Waals surface area contributed by atoms with Crippen molar-refractivity contribution < 1.29 is 9.53 Å². The third-order valence-electron chi connectivity index (χ3n) is 5.77. The number of ether oxygens (including phenoxy) is 1. The molecule has 1 aliphatic rings. The van der Waals surface area contributed by atoms with E-state index in [9.17, 15) is 4.79 Å². The zero-order chi connectivity index (χ0) is 21.3. The minimum absolute atomic E-state index is 0.0183. The van der Waals surface area contributed by atoms with Gasteiger partial charge < -0.3 is 10.1 Å². The number of carbonyl (C=O) groups excluding carboxylic acids is 1. The van der Waals surface area contributed by atoms with Crippen LogP contribution in [0.1, 0.15) is 18.4 Å². The number of carbonyl (C=O) groups is 1. The summed E-state index contributed by atoms with van der Waals surface area (Å²) in [5.41, 5.74) is 4.34. The lowest BCUT2D eigenvalue weighted by molar-refractivity contribution is -0.118. The quantitative estimate of drug-likeness (QED) is 0.402. The minimum atomic E-state index is -0.495. The number of para-hydroxylation sites is 1. The fourth-order valence-corrected chi connectivity index (χ4v) is 4.71. The van der Waals surface area contributed by atoms with Gasteiger partial charge in [0.2, 0.25) is 5.91 Å². The lowest BCUT2D eigenvalue weighted by Crippen LogP contribution is -2.28. The molecule has 1 amide bonds. The molecule has 3 aromatic carbocycles. The third kappa shape index (κ3) is 3.73. The van der Waals surface area contributed by atoms with Crippen LogP contribution in [0.15, 0.2) is 84.2 Å². The van der Waals surface area contributed by atoms with Crippen LogP contribution in [0.5, 0.6) is 5.75 Å². The molecule has 0 spiro atoms. The number of nitrogens with zero attached hydrogens (tertiary/aromatic N) is 1. The summed E-state index contributed by atoms with van der Waals surface area (Å²) >= 11 is 1.63. The van der Waals surface area contributed by atoms with Crippen molar-refractivity contribution in [2.75, 3.05) is 12.4 Å². The molecule has 154 valence electrons. The van der Waals surface area contributed by atoms with E-state index < -0.39 is 5.41 Å². The molecule has 0 bridgehead atoms. The Morgan fingerprint density at radius 1 is 0.935 bits per heavy atom. The number of anilines is 1. The van der Waals surface area contributed by atoms with E-state index in [1.165, 1.54) is 0 Å². The van der Waals surface area contributed by atoms with Crippen LogP contribution in [0.2, 0.25) is 0 Å². The van der Waals surface area contributed by atoms with E-state index in [0.29, 0.717) is 0 Å². The topological polar surface area (TPSA) is 51.2 Å². The van der Waals surface area contributed by atoms with Crippen LogP contribution >= 0.6 is 11.3 Å². The maximum Gasteiger partial charge on any atom is 0.235 e. The minimum Gasteiger partial charge on any atom is -0.496 e. The van der Waals surface area contributed by atoms with Crippen LogP contribution in [-0.4, -0.2) is 18.0 Å². The van der Waals surface area contributed by atoms with Gasteiger partial charge in [0, 0.05) is 27.8 Å². The Morgan fingerprint density at radius 2 is 1.65 bits per heavy atom. The van der Waals surface area contributed by atoms with Crippen molar-refractivity contribution in [1.82, 2.24) is 4.98 Å². The fraction of sp³-hybridized carbons (Fsp3) is 0.154. The number of rotatable bonds is 6. The Bertz CT molecular complexity index is 1210. The first-order valence-electron chi connectivity index (χ1n) is 10.3. The number of hydrogen-bond acceptors (Lipinski definition) is 4. The molecular formula is C26H22N2O2S. The second kappa shape index (κ2) is 8.00. The monoisotopic (exact) mass is 426 g/mol. The predicted octanol–water partition coefficient (Wildman–Crippen LogP) is 6.16. The van der Waals surface area contributed by atoms with Crippen molar-refractivity contribution >= 4 is 22.9 Å². The molecule has 1 saturated carbocycles. The van der Waals surface area contributed by atoms with E-state index in [1.807, 2.05) is 66.7 Å². The van der Waals surface area contributed by atoms with Gasteiger partial charge in [0.1, 0.15) is 10.8 Å². The Labute approximate surface area is 185 Å². The Morgan fingerprint density at radius 3 is 2.35 bits per heavy atom. The molecule has 4 nitrogen and oxygen atoms in total. The Kier molecular flexibility index (Phi) is 5.04. The Balaban J connectivity index is 1.32.